The molecule has 0 aliphatic heterocycles. The first-order valence-electron chi connectivity index (χ1n) is 22.5. The summed E-state index contributed by atoms with van der Waals surface area (Å²) in [6.07, 6.45) is 1.74. The van der Waals surface area contributed by atoms with Gasteiger partial charge in [0.25, 0.3) is 0 Å². The Bertz CT molecular complexity index is 1540. The maximum Gasteiger partial charge on any atom is 0.161 e. The van der Waals surface area contributed by atoms with Crippen molar-refractivity contribution in [2.45, 2.75) is 19.3 Å². The zero-order valence-corrected chi connectivity index (χ0v) is 39.0. The molecule has 3 aromatic rings. The van der Waals surface area contributed by atoms with Gasteiger partial charge in [-0.15, -0.1) is 0 Å². The molecule has 0 fully saturated rings. The van der Waals surface area contributed by atoms with E-state index in [2.05, 4.69) is 0 Å². The highest BCUT2D eigenvalue weighted by molar-refractivity contribution is 5.58. The van der Waals surface area contributed by atoms with E-state index < -0.39 is 0 Å². The summed E-state index contributed by atoms with van der Waals surface area (Å²) in [4.78, 5) is 0. The Morgan fingerprint density at radius 1 is 0.273 bits per heavy atom. The van der Waals surface area contributed by atoms with E-state index in [0.717, 1.165) is 33.4 Å². The van der Waals surface area contributed by atoms with Gasteiger partial charge in [-0.25, -0.2) is 0 Å². The average Bonchev–Trinajstić information content (AvgIpc) is 3.38. The Hall–Kier alpha value is -4.02. The zero-order chi connectivity index (χ0) is 46.9. The SMILES string of the molecule is COc1cc2c(cc1OCCOCCOCCOCCO)Cc1cc(OC)c(OCCOCCOCCOCCO)cc1Cc1cc(OC)c(OCCOCCOCCOCCO)cc1C2. The molecule has 0 aromatic heterocycles. The molecule has 1 aliphatic rings. The minimum Gasteiger partial charge on any atom is -0.493 e. The van der Waals surface area contributed by atoms with Crippen molar-refractivity contribution in [3.63, 3.8) is 0 Å². The fourth-order valence-electron chi connectivity index (χ4n) is 6.80. The average molecular weight is 937 g/mol. The van der Waals surface area contributed by atoms with Crippen molar-refractivity contribution < 1.29 is 86.4 Å². The molecule has 66 heavy (non-hydrogen) atoms. The molecule has 18 heteroatoms. The highest BCUT2D eigenvalue weighted by Crippen LogP contribution is 2.41. The number of ether oxygens (including phenoxy) is 15. The third-order valence-corrected chi connectivity index (χ3v) is 9.99. The van der Waals surface area contributed by atoms with E-state index in [9.17, 15) is 0 Å². The van der Waals surface area contributed by atoms with Gasteiger partial charge < -0.3 is 86.4 Å². The van der Waals surface area contributed by atoms with E-state index in [4.69, 9.17) is 86.4 Å². The Kier molecular flexibility index (Phi) is 28.4. The quantitative estimate of drug-likeness (QED) is 0.0552. The van der Waals surface area contributed by atoms with Gasteiger partial charge >= 0.3 is 0 Å². The summed E-state index contributed by atoms with van der Waals surface area (Å²) in [6, 6.07) is 12.2. The molecule has 0 heterocycles. The molecule has 0 bridgehead atoms. The number of hydrogen-bond donors (Lipinski definition) is 3. The van der Waals surface area contributed by atoms with Crippen molar-refractivity contribution in [1.29, 1.82) is 0 Å². The van der Waals surface area contributed by atoms with Crippen LogP contribution in [0.3, 0.4) is 0 Å². The number of aliphatic hydroxyl groups excluding tert-OH is 3. The molecule has 0 spiro atoms. The van der Waals surface area contributed by atoms with Crippen molar-refractivity contribution in [1.82, 2.24) is 0 Å². The molecule has 0 unspecified atom stereocenters. The molecular formula is C48H72O18. The lowest BCUT2D eigenvalue weighted by molar-refractivity contribution is 0.00351. The van der Waals surface area contributed by atoms with Gasteiger partial charge in [-0.05, 0) is 89.0 Å². The minimum atomic E-state index is -0.0149. The van der Waals surface area contributed by atoms with Crippen LogP contribution < -0.4 is 28.4 Å². The van der Waals surface area contributed by atoms with Gasteiger partial charge in [0.15, 0.2) is 34.5 Å². The normalized spacial score (nSPS) is 12.1. The second-order valence-corrected chi connectivity index (χ2v) is 14.6. The van der Waals surface area contributed by atoms with E-state index in [1.165, 1.54) is 0 Å². The first-order valence-corrected chi connectivity index (χ1v) is 22.5. The second kappa shape index (κ2) is 34.3. The van der Waals surface area contributed by atoms with Crippen LogP contribution in [0, 0.1) is 0 Å². The predicted octanol–water partition coefficient (Wildman–Crippen LogP) is 3.06. The monoisotopic (exact) mass is 936 g/mol. The Morgan fingerprint density at radius 2 is 0.455 bits per heavy atom. The smallest absolute Gasteiger partial charge is 0.161 e. The van der Waals surface area contributed by atoms with Crippen LogP contribution >= 0.6 is 0 Å². The summed E-state index contributed by atoms with van der Waals surface area (Å²) >= 11 is 0. The van der Waals surface area contributed by atoms with Gasteiger partial charge in [0.2, 0.25) is 0 Å². The molecule has 0 saturated carbocycles. The number of fused-ring (bicyclic) bond motifs is 3. The summed E-state index contributed by atoms with van der Waals surface area (Å²) in [6.45, 7) is 7.79. The molecule has 0 amide bonds. The highest BCUT2D eigenvalue weighted by Gasteiger charge is 2.23. The van der Waals surface area contributed by atoms with Gasteiger partial charge in [0, 0.05) is 0 Å². The molecule has 3 aromatic carbocycles. The standard InChI is InChI=1S/C48H72O18/c1-52-43-31-37-28-41-35-47(65-26-23-62-20-17-59-14-11-56-8-5-50)45(54-3)33-39(41)30-42-36-48(66-27-24-63-21-18-60-15-12-57-9-6-51)44(53-2)32-38(42)29-40(37)34-46(43)64-25-22-61-19-16-58-13-10-55-7-4-49/h31-36,49-51H,4-30H2,1-3H3. The molecule has 0 atom stereocenters. The molecule has 18 nitrogen and oxygen atoms in total. The Labute approximate surface area is 389 Å². The Balaban J connectivity index is 1.50. The van der Waals surface area contributed by atoms with Crippen molar-refractivity contribution in [2.75, 3.05) is 180 Å². The Morgan fingerprint density at radius 3 is 0.652 bits per heavy atom. The molecule has 372 valence electrons. The fourth-order valence-corrected chi connectivity index (χ4v) is 6.80. The van der Waals surface area contributed by atoms with Gasteiger partial charge in [-0.2, -0.15) is 0 Å². The van der Waals surface area contributed by atoms with Gasteiger partial charge in [0.1, 0.15) is 19.8 Å². The first kappa shape index (κ1) is 54.6. The van der Waals surface area contributed by atoms with E-state index >= 15 is 0 Å². The lowest BCUT2D eigenvalue weighted by Gasteiger charge is -2.18. The molecule has 3 N–H and O–H groups in total. The number of hydrogen-bond acceptors (Lipinski definition) is 18. The first-order chi connectivity index (χ1) is 32.5. The fraction of sp³-hybridized carbons (Fsp3) is 0.625. The van der Waals surface area contributed by atoms with E-state index in [-0.39, 0.29) is 19.8 Å². The lowest BCUT2D eigenvalue weighted by atomic mass is 9.94. The van der Waals surface area contributed by atoms with Crippen LogP contribution in [-0.4, -0.2) is 195 Å². The summed E-state index contributed by atoms with van der Waals surface area (Å²) < 4.78 is 85.9. The summed E-state index contributed by atoms with van der Waals surface area (Å²) in [5.41, 5.74) is 6.34. The van der Waals surface area contributed by atoms with Crippen LogP contribution in [0.2, 0.25) is 0 Å². The molecule has 4 rings (SSSR count). The van der Waals surface area contributed by atoms with Crippen LogP contribution in [0.25, 0.3) is 0 Å². The van der Waals surface area contributed by atoms with Crippen LogP contribution in [0.15, 0.2) is 36.4 Å². The topological polar surface area (TPSA) is 199 Å². The minimum absolute atomic E-state index is 0.0149. The van der Waals surface area contributed by atoms with Crippen LogP contribution in [0.1, 0.15) is 33.4 Å². The number of rotatable bonds is 39. The van der Waals surface area contributed by atoms with Gasteiger partial charge in [0.05, 0.1) is 160 Å². The highest BCUT2D eigenvalue weighted by atomic mass is 16.6. The molecule has 0 radical (unpaired) electrons. The summed E-state index contributed by atoms with van der Waals surface area (Å²) in [5.74, 6) is 3.62. The number of aliphatic hydroxyl groups is 3. The van der Waals surface area contributed by atoms with E-state index in [1.54, 1.807) is 21.3 Å². The van der Waals surface area contributed by atoms with Crippen LogP contribution in [-0.2, 0) is 61.9 Å². The third-order valence-electron chi connectivity index (χ3n) is 9.99. The number of methoxy groups -OCH3 is 3. The van der Waals surface area contributed by atoms with Crippen LogP contribution in [0.5, 0.6) is 34.5 Å². The maximum atomic E-state index is 8.82. The third kappa shape index (κ3) is 20.5. The van der Waals surface area contributed by atoms with Gasteiger partial charge in [-0.1, -0.05) is 0 Å². The molecule has 0 saturated heterocycles. The maximum absolute atomic E-state index is 8.82. The van der Waals surface area contributed by atoms with Crippen molar-refractivity contribution in [2.24, 2.45) is 0 Å². The lowest BCUT2D eigenvalue weighted by Crippen LogP contribution is -2.13. The predicted molar refractivity (Wildman–Crippen MR) is 243 cm³/mol. The molecule has 1 aliphatic carbocycles. The van der Waals surface area contributed by atoms with Crippen LogP contribution in [0.4, 0.5) is 0 Å². The summed E-state index contributed by atoms with van der Waals surface area (Å²) in [7, 11) is 4.90. The van der Waals surface area contributed by atoms with Gasteiger partial charge in [-0.3, -0.25) is 0 Å². The second-order valence-electron chi connectivity index (χ2n) is 14.6. The van der Waals surface area contributed by atoms with Crippen molar-refractivity contribution in [3.05, 3.63) is 69.8 Å². The van der Waals surface area contributed by atoms with Crippen molar-refractivity contribution in [3.8, 4) is 34.5 Å². The van der Waals surface area contributed by atoms with Crippen molar-refractivity contribution >= 4 is 0 Å². The zero-order valence-electron chi connectivity index (χ0n) is 39.0. The largest absolute Gasteiger partial charge is 0.493 e. The molecular weight excluding hydrogens is 865 g/mol. The summed E-state index contributed by atoms with van der Waals surface area (Å²) in [5, 5.41) is 26.5. The number of benzene rings is 3. The van der Waals surface area contributed by atoms with E-state index in [0.29, 0.717) is 193 Å². The van der Waals surface area contributed by atoms with E-state index in [1.807, 2.05) is 36.4 Å².